The Kier molecular flexibility index (Phi) is 2.23. The highest BCUT2D eigenvalue weighted by Crippen LogP contribution is 2.21. The summed E-state index contributed by atoms with van der Waals surface area (Å²) in [5.74, 6) is 0. The van der Waals surface area contributed by atoms with E-state index in [1.807, 2.05) is 42.5 Å². The van der Waals surface area contributed by atoms with Crippen molar-refractivity contribution in [2.75, 3.05) is 0 Å². The highest BCUT2D eigenvalue weighted by molar-refractivity contribution is 5.90. The van der Waals surface area contributed by atoms with Crippen LogP contribution < -0.4 is 5.56 Å². The molecule has 0 N–H and O–H groups in total. The molecule has 0 saturated carbocycles. The molecule has 4 heteroatoms. The van der Waals surface area contributed by atoms with E-state index >= 15 is 0 Å². The molecule has 4 rings (SSSR count). The summed E-state index contributed by atoms with van der Waals surface area (Å²) in [5.41, 5.74) is 0.836. The van der Waals surface area contributed by atoms with Gasteiger partial charge in [-0.05, 0) is 17.5 Å². The van der Waals surface area contributed by atoms with Crippen molar-refractivity contribution in [3.63, 3.8) is 0 Å². The summed E-state index contributed by atoms with van der Waals surface area (Å²) in [6.45, 7) is 0. The van der Waals surface area contributed by atoms with Crippen LogP contribution in [-0.2, 0) is 0 Å². The minimum atomic E-state index is -0.246. The number of benzene rings is 2. The summed E-state index contributed by atoms with van der Waals surface area (Å²) in [6, 6.07) is 15.4. The van der Waals surface area contributed by atoms with Crippen LogP contribution >= 0.6 is 0 Å². The summed E-state index contributed by atoms with van der Waals surface area (Å²) in [5, 5.41) is 7.01. The van der Waals surface area contributed by atoms with Gasteiger partial charge >= 0.3 is 5.56 Å². The number of rotatable bonds is 1. The minimum Gasteiger partial charge on any atom is -0.458 e. The number of hydrogen-bond donors (Lipinski definition) is 0. The Balaban J connectivity index is 2.11. The second-order valence-electron chi connectivity index (χ2n) is 4.56. The van der Waals surface area contributed by atoms with E-state index in [9.17, 15) is 4.79 Å². The number of aromatic nitrogens is 2. The van der Waals surface area contributed by atoms with Crippen LogP contribution in [0.1, 0.15) is 0 Å². The molecule has 0 unspecified atom stereocenters. The van der Waals surface area contributed by atoms with Crippen LogP contribution in [0.3, 0.4) is 0 Å². The average Bonchev–Trinajstić information content (AvgIpc) is 2.97. The number of furan rings is 1. The third-order valence-electron chi connectivity index (χ3n) is 3.39. The fraction of sp³-hybridized carbons (Fsp3) is 0. The van der Waals surface area contributed by atoms with Gasteiger partial charge in [0.1, 0.15) is 0 Å². The van der Waals surface area contributed by atoms with Crippen LogP contribution in [0.25, 0.3) is 27.4 Å². The van der Waals surface area contributed by atoms with Crippen LogP contribution in [0.4, 0.5) is 0 Å². The molecule has 0 fully saturated rings. The van der Waals surface area contributed by atoms with Crippen molar-refractivity contribution < 1.29 is 4.42 Å². The SMILES string of the molecule is O=c1c2occc2cnn1-c1cccc2ccccc12. The summed E-state index contributed by atoms with van der Waals surface area (Å²) >= 11 is 0. The Labute approximate surface area is 113 Å². The van der Waals surface area contributed by atoms with Gasteiger partial charge in [-0.1, -0.05) is 36.4 Å². The van der Waals surface area contributed by atoms with Crippen molar-refractivity contribution in [1.82, 2.24) is 9.78 Å². The monoisotopic (exact) mass is 262 g/mol. The molecule has 0 bridgehead atoms. The fourth-order valence-electron chi connectivity index (χ4n) is 2.43. The molecule has 2 heterocycles. The standard InChI is InChI=1S/C16H10N2O2/c19-16-15-12(8-9-20-15)10-17-18(16)14-7-3-5-11-4-1-2-6-13(11)14/h1-10H. The van der Waals surface area contributed by atoms with E-state index in [1.165, 1.54) is 10.9 Å². The van der Waals surface area contributed by atoms with Gasteiger partial charge < -0.3 is 4.42 Å². The zero-order valence-corrected chi connectivity index (χ0v) is 10.5. The maximum Gasteiger partial charge on any atom is 0.315 e. The third-order valence-corrected chi connectivity index (χ3v) is 3.39. The first-order chi connectivity index (χ1) is 9.84. The van der Waals surface area contributed by atoms with Crippen LogP contribution in [0, 0.1) is 0 Å². The molecule has 0 amide bonds. The molecular formula is C16H10N2O2. The van der Waals surface area contributed by atoms with E-state index in [0.717, 1.165) is 16.5 Å². The van der Waals surface area contributed by atoms with Gasteiger partial charge in [0.15, 0.2) is 0 Å². The molecule has 0 atom stereocenters. The Hall–Kier alpha value is -2.88. The van der Waals surface area contributed by atoms with E-state index in [4.69, 9.17) is 4.42 Å². The summed E-state index contributed by atoms with van der Waals surface area (Å²) in [4.78, 5) is 12.4. The Bertz CT molecular complexity index is 977. The van der Waals surface area contributed by atoms with Gasteiger partial charge in [0.2, 0.25) is 5.58 Å². The maximum atomic E-state index is 12.4. The molecule has 96 valence electrons. The summed E-state index contributed by atoms with van der Waals surface area (Å²) < 4.78 is 6.63. The highest BCUT2D eigenvalue weighted by Gasteiger charge is 2.10. The molecule has 20 heavy (non-hydrogen) atoms. The van der Waals surface area contributed by atoms with Crippen molar-refractivity contribution in [2.24, 2.45) is 0 Å². The van der Waals surface area contributed by atoms with E-state index < -0.39 is 0 Å². The van der Waals surface area contributed by atoms with E-state index in [2.05, 4.69) is 5.10 Å². The molecule has 0 saturated heterocycles. The topological polar surface area (TPSA) is 48.0 Å². The van der Waals surface area contributed by atoms with E-state index in [0.29, 0.717) is 11.0 Å². The number of fused-ring (bicyclic) bond motifs is 2. The third kappa shape index (κ3) is 1.48. The summed E-state index contributed by atoms with van der Waals surface area (Å²) in [6.07, 6.45) is 3.14. The van der Waals surface area contributed by atoms with Gasteiger partial charge in [-0.15, -0.1) is 0 Å². The smallest absolute Gasteiger partial charge is 0.315 e. The second-order valence-corrected chi connectivity index (χ2v) is 4.56. The highest BCUT2D eigenvalue weighted by atomic mass is 16.3. The Morgan fingerprint density at radius 2 is 1.80 bits per heavy atom. The number of nitrogens with zero attached hydrogens (tertiary/aromatic N) is 2. The second kappa shape index (κ2) is 4.06. The van der Waals surface area contributed by atoms with Crippen LogP contribution in [0.2, 0.25) is 0 Å². The lowest BCUT2D eigenvalue weighted by Crippen LogP contribution is -2.20. The average molecular weight is 262 g/mol. The van der Waals surface area contributed by atoms with E-state index in [-0.39, 0.29) is 5.56 Å². The van der Waals surface area contributed by atoms with Gasteiger partial charge in [-0.3, -0.25) is 4.79 Å². The quantitative estimate of drug-likeness (QED) is 0.529. The first-order valence-corrected chi connectivity index (χ1v) is 6.28. The fourth-order valence-corrected chi connectivity index (χ4v) is 2.43. The molecule has 4 aromatic rings. The molecule has 0 aliphatic rings. The molecule has 2 aromatic carbocycles. The van der Waals surface area contributed by atoms with E-state index in [1.54, 1.807) is 12.3 Å². The molecule has 2 aromatic heterocycles. The zero-order chi connectivity index (χ0) is 13.5. The lowest BCUT2D eigenvalue weighted by atomic mass is 10.1. The van der Waals surface area contributed by atoms with Crippen molar-refractivity contribution in [1.29, 1.82) is 0 Å². The van der Waals surface area contributed by atoms with Gasteiger partial charge in [-0.25, -0.2) is 0 Å². The van der Waals surface area contributed by atoms with Gasteiger partial charge in [0.25, 0.3) is 0 Å². The zero-order valence-electron chi connectivity index (χ0n) is 10.5. The molecule has 0 aliphatic carbocycles. The van der Waals surface area contributed by atoms with Crippen molar-refractivity contribution in [2.45, 2.75) is 0 Å². The molecule has 0 spiro atoms. The van der Waals surface area contributed by atoms with Gasteiger partial charge in [0, 0.05) is 10.8 Å². The lowest BCUT2D eigenvalue weighted by Gasteiger charge is -2.07. The van der Waals surface area contributed by atoms with Gasteiger partial charge in [-0.2, -0.15) is 9.78 Å². The maximum absolute atomic E-state index is 12.4. The lowest BCUT2D eigenvalue weighted by molar-refractivity contribution is 0.604. The predicted octanol–water partition coefficient (Wildman–Crippen LogP) is 3.13. The van der Waals surface area contributed by atoms with Crippen LogP contribution in [-0.4, -0.2) is 9.78 Å². The molecule has 4 nitrogen and oxygen atoms in total. The largest absolute Gasteiger partial charge is 0.458 e. The first kappa shape index (κ1) is 11.0. The minimum absolute atomic E-state index is 0.246. The Morgan fingerprint density at radius 1 is 0.950 bits per heavy atom. The Morgan fingerprint density at radius 3 is 2.75 bits per heavy atom. The van der Waals surface area contributed by atoms with Crippen molar-refractivity contribution >= 4 is 21.7 Å². The molecule has 0 radical (unpaired) electrons. The number of hydrogen-bond acceptors (Lipinski definition) is 3. The molecule has 0 aliphatic heterocycles. The first-order valence-electron chi connectivity index (χ1n) is 6.28. The van der Waals surface area contributed by atoms with Gasteiger partial charge in [0.05, 0.1) is 18.1 Å². The predicted molar refractivity (Wildman–Crippen MR) is 77.1 cm³/mol. The normalized spacial score (nSPS) is 11.2. The molecular weight excluding hydrogens is 252 g/mol. The van der Waals surface area contributed by atoms with Crippen LogP contribution in [0.15, 0.2) is 70.2 Å². The van der Waals surface area contributed by atoms with Crippen molar-refractivity contribution in [3.05, 3.63) is 71.3 Å². The summed E-state index contributed by atoms with van der Waals surface area (Å²) in [7, 11) is 0. The van der Waals surface area contributed by atoms with Crippen molar-refractivity contribution in [3.8, 4) is 5.69 Å². The van der Waals surface area contributed by atoms with Crippen LogP contribution in [0.5, 0.6) is 0 Å².